The lowest BCUT2D eigenvalue weighted by Gasteiger charge is -2.26. The minimum Gasteiger partial charge on any atom is -0.364 e. The van der Waals surface area contributed by atoms with Gasteiger partial charge in [0, 0.05) is 29.9 Å². The van der Waals surface area contributed by atoms with Gasteiger partial charge in [-0.25, -0.2) is 9.18 Å². The molecule has 1 atom stereocenters. The van der Waals surface area contributed by atoms with Crippen LogP contribution in [0.4, 0.5) is 14.9 Å². The molecular weight excluding hydrogens is 383 g/mol. The molecule has 0 saturated carbocycles. The first-order chi connectivity index (χ1) is 13.3. The lowest BCUT2D eigenvalue weighted by Crippen LogP contribution is -2.33. The van der Waals surface area contributed by atoms with Crippen LogP contribution in [0.25, 0.3) is 10.8 Å². The molecule has 0 spiro atoms. The van der Waals surface area contributed by atoms with E-state index in [-0.39, 0.29) is 16.8 Å². The Kier molecular flexibility index (Phi) is 5.46. The average molecular weight is 401 g/mol. The van der Waals surface area contributed by atoms with Crippen molar-refractivity contribution in [3.63, 3.8) is 0 Å². The van der Waals surface area contributed by atoms with E-state index in [0.29, 0.717) is 11.1 Å². The van der Waals surface area contributed by atoms with Crippen LogP contribution in [0.5, 0.6) is 0 Å². The first-order valence-electron chi connectivity index (χ1n) is 8.46. The maximum atomic E-state index is 13.3. The van der Waals surface area contributed by atoms with Gasteiger partial charge in [0.15, 0.2) is 0 Å². The van der Waals surface area contributed by atoms with Crippen molar-refractivity contribution in [3.8, 4) is 0 Å². The second-order valence-corrected chi connectivity index (χ2v) is 6.73. The molecule has 28 heavy (non-hydrogen) atoms. The number of benzene rings is 2. The van der Waals surface area contributed by atoms with Crippen molar-refractivity contribution in [2.75, 3.05) is 12.4 Å². The molecule has 6 nitrogen and oxygen atoms in total. The summed E-state index contributed by atoms with van der Waals surface area (Å²) in [7, 11) is 1.63. The van der Waals surface area contributed by atoms with Gasteiger partial charge in [-0.15, -0.1) is 0 Å². The van der Waals surface area contributed by atoms with E-state index in [0.717, 1.165) is 10.9 Å². The van der Waals surface area contributed by atoms with E-state index < -0.39 is 17.8 Å². The highest BCUT2D eigenvalue weighted by Gasteiger charge is 2.21. The van der Waals surface area contributed by atoms with Gasteiger partial charge in [0.1, 0.15) is 11.5 Å². The summed E-state index contributed by atoms with van der Waals surface area (Å²) in [6.07, 6.45) is 1.55. The minimum atomic E-state index is -0.616. The molecule has 3 aromatic rings. The van der Waals surface area contributed by atoms with E-state index in [9.17, 15) is 14.0 Å². The molecule has 3 N–H and O–H groups in total. The van der Waals surface area contributed by atoms with Crippen LogP contribution < -0.4 is 11.1 Å². The van der Waals surface area contributed by atoms with Gasteiger partial charge in [0.25, 0.3) is 5.91 Å². The number of nitrogens with two attached hydrogens (primary N) is 1. The van der Waals surface area contributed by atoms with Gasteiger partial charge in [-0.3, -0.25) is 9.78 Å². The lowest BCUT2D eigenvalue weighted by atomic mass is 9.99. The molecule has 2 aromatic carbocycles. The summed E-state index contributed by atoms with van der Waals surface area (Å²) in [5.41, 5.74) is 6.73. The van der Waals surface area contributed by atoms with Crippen LogP contribution in [-0.4, -0.2) is 28.9 Å². The van der Waals surface area contributed by atoms with Crippen LogP contribution in [-0.2, 0) is 0 Å². The summed E-state index contributed by atoms with van der Waals surface area (Å²) < 4.78 is 13.3. The summed E-state index contributed by atoms with van der Waals surface area (Å²) in [6, 6.07) is 10.4. The highest BCUT2D eigenvalue weighted by Crippen LogP contribution is 2.29. The van der Waals surface area contributed by atoms with Crippen LogP contribution >= 0.6 is 11.6 Å². The SMILES string of the molecule is C[C@H](c1cnc(C(N)=O)c2ccccc12)N(C)C(=O)Nc1ccc(F)c(Cl)c1. The van der Waals surface area contributed by atoms with E-state index in [2.05, 4.69) is 10.3 Å². The van der Waals surface area contributed by atoms with Gasteiger partial charge in [-0.05, 0) is 30.5 Å². The Morgan fingerprint density at radius 2 is 1.89 bits per heavy atom. The van der Waals surface area contributed by atoms with Crippen LogP contribution in [0.15, 0.2) is 48.7 Å². The van der Waals surface area contributed by atoms with Crippen LogP contribution in [0.3, 0.4) is 0 Å². The van der Waals surface area contributed by atoms with Crippen molar-refractivity contribution >= 4 is 40.0 Å². The number of hydrogen-bond acceptors (Lipinski definition) is 3. The third-order valence-corrected chi connectivity index (χ3v) is 4.87. The number of anilines is 1. The molecular formula is C20H18ClFN4O2. The van der Waals surface area contributed by atoms with Crippen LogP contribution in [0.1, 0.15) is 29.0 Å². The number of amides is 3. The van der Waals surface area contributed by atoms with Gasteiger partial charge in [-0.2, -0.15) is 0 Å². The Morgan fingerprint density at radius 1 is 1.21 bits per heavy atom. The van der Waals surface area contributed by atoms with E-state index in [1.807, 2.05) is 19.1 Å². The van der Waals surface area contributed by atoms with Gasteiger partial charge in [-0.1, -0.05) is 35.9 Å². The molecule has 0 saturated heterocycles. The van der Waals surface area contributed by atoms with Gasteiger partial charge < -0.3 is 16.0 Å². The third-order valence-electron chi connectivity index (χ3n) is 4.58. The van der Waals surface area contributed by atoms with Crippen molar-refractivity contribution in [3.05, 3.63) is 70.8 Å². The predicted octanol–water partition coefficient (Wildman–Crippen LogP) is 4.35. The number of carbonyl (C=O) groups excluding carboxylic acids is 2. The van der Waals surface area contributed by atoms with Crippen LogP contribution in [0.2, 0.25) is 5.02 Å². The van der Waals surface area contributed by atoms with Crippen molar-refractivity contribution in [2.24, 2.45) is 5.73 Å². The van der Waals surface area contributed by atoms with Crippen LogP contribution in [0, 0.1) is 5.82 Å². The Balaban J connectivity index is 1.89. The molecule has 0 fully saturated rings. The quantitative estimate of drug-likeness (QED) is 0.682. The van der Waals surface area contributed by atoms with E-state index in [1.165, 1.54) is 23.1 Å². The zero-order valence-electron chi connectivity index (χ0n) is 15.2. The number of nitrogens with zero attached hydrogens (tertiary/aromatic N) is 2. The number of rotatable bonds is 4. The molecule has 144 valence electrons. The largest absolute Gasteiger partial charge is 0.364 e. The number of fused-ring (bicyclic) bond motifs is 1. The molecule has 1 heterocycles. The van der Waals surface area contributed by atoms with E-state index in [4.69, 9.17) is 17.3 Å². The van der Waals surface area contributed by atoms with E-state index in [1.54, 1.807) is 25.4 Å². The summed E-state index contributed by atoms with van der Waals surface area (Å²) in [5, 5.41) is 4.01. The monoisotopic (exact) mass is 400 g/mol. The third kappa shape index (κ3) is 3.75. The number of urea groups is 1. The molecule has 3 amide bonds. The topological polar surface area (TPSA) is 88.3 Å². The number of primary amides is 1. The van der Waals surface area contributed by atoms with Crippen molar-refractivity contribution < 1.29 is 14.0 Å². The summed E-state index contributed by atoms with van der Waals surface area (Å²) in [5.74, 6) is -1.18. The summed E-state index contributed by atoms with van der Waals surface area (Å²) in [6.45, 7) is 1.84. The normalized spacial score (nSPS) is 11.9. The number of pyridine rings is 1. The first kappa shape index (κ1) is 19.6. The number of nitrogens with one attached hydrogen (secondary N) is 1. The Morgan fingerprint density at radius 3 is 2.54 bits per heavy atom. The van der Waals surface area contributed by atoms with Crippen molar-refractivity contribution in [1.29, 1.82) is 0 Å². The van der Waals surface area contributed by atoms with Crippen molar-refractivity contribution in [2.45, 2.75) is 13.0 Å². The summed E-state index contributed by atoms with van der Waals surface area (Å²) >= 11 is 5.76. The Bertz CT molecular complexity index is 1070. The number of halogens is 2. The van der Waals surface area contributed by atoms with Gasteiger partial charge in [0.2, 0.25) is 0 Å². The second kappa shape index (κ2) is 7.82. The smallest absolute Gasteiger partial charge is 0.322 e. The Labute approximate surface area is 166 Å². The molecule has 0 unspecified atom stereocenters. The highest BCUT2D eigenvalue weighted by molar-refractivity contribution is 6.31. The highest BCUT2D eigenvalue weighted by atomic mass is 35.5. The zero-order chi connectivity index (χ0) is 20.4. The lowest BCUT2D eigenvalue weighted by molar-refractivity contribution is 0.0997. The molecule has 0 aliphatic rings. The molecule has 8 heteroatoms. The maximum absolute atomic E-state index is 13.3. The summed E-state index contributed by atoms with van der Waals surface area (Å²) in [4.78, 5) is 29.9. The van der Waals surface area contributed by atoms with Gasteiger partial charge in [0.05, 0.1) is 11.1 Å². The molecule has 0 aliphatic heterocycles. The molecule has 0 radical (unpaired) electrons. The van der Waals surface area contributed by atoms with Crippen molar-refractivity contribution in [1.82, 2.24) is 9.88 Å². The van der Waals surface area contributed by atoms with Gasteiger partial charge >= 0.3 is 6.03 Å². The molecule has 0 aliphatic carbocycles. The molecule has 0 bridgehead atoms. The first-order valence-corrected chi connectivity index (χ1v) is 8.83. The zero-order valence-corrected chi connectivity index (χ0v) is 16.0. The fraction of sp³-hybridized carbons (Fsp3) is 0.150. The minimum absolute atomic E-state index is 0.0780. The maximum Gasteiger partial charge on any atom is 0.322 e. The predicted molar refractivity (Wildman–Crippen MR) is 107 cm³/mol. The second-order valence-electron chi connectivity index (χ2n) is 6.32. The number of hydrogen-bond donors (Lipinski definition) is 2. The standard InChI is InChI=1S/C20H18ClFN4O2/c1-11(26(2)20(28)25-12-7-8-17(22)16(21)9-12)15-10-24-18(19(23)27)14-6-4-3-5-13(14)15/h3-11H,1-2H3,(H2,23,27)(H,25,28)/t11-/m1/s1. The Hall–Kier alpha value is -3.19. The molecule has 1 aromatic heterocycles. The fourth-order valence-corrected chi connectivity index (χ4v) is 3.09. The fourth-order valence-electron chi connectivity index (χ4n) is 2.91. The number of aromatic nitrogens is 1. The van der Waals surface area contributed by atoms with E-state index >= 15 is 0 Å². The number of carbonyl (C=O) groups is 2. The average Bonchev–Trinajstić information content (AvgIpc) is 2.68. The molecule has 3 rings (SSSR count).